The van der Waals surface area contributed by atoms with Crippen LogP contribution in [0.1, 0.15) is 28.9 Å². The molecule has 0 bridgehead atoms. The molecule has 0 aliphatic carbocycles. The van der Waals surface area contributed by atoms with E-state index in [9.17, 15) is 4.79 Å². The topological polar surface area (TPSA) is 81.6 Å². The Morgan fingerprint density at radius 1 is 1.55 bits per heavy atom. The van der Waals surface area contributed by atoms with E-state index in [2.05, 4.69) is 21.6 Å². The van der Waals surface area contributed by atoms with Crippen molar-refractivity contribution in [1.82, 2.24) is 15.5 Å². The van der Waals surface area contributed by atoms with Crippen molar-refractivity contribution in [2.45, 2.75) is 17.9 Å². The second kappa shape index (κ2) is 6.78. The largest absolute Gasteiger partial charge is 0.345 e. The Balaban J connectivity index is 2.11. The van der Waals surface area contributed by atoms with Crippen molar-refractivity contribution in [1.29, 1.82) is 5.26 Å². The third-order valence-electron chi connectivity index (χ3n) is 2.79. The fraction of sp³-hybridized carbons (Fsp3) is 0.214. The maximum atomic E-state index is 12.3. The molecule has 1 aromatic carbocycles. The van der Waals surface area contributed by atoms with Crippen LogP contribution in [-0.2, 0) is 0 Å². The van der Waals surface area contributed by atoms with Gasteiger partial charge in [-0.25, -0.2) is 0 Å². The standard InChI is InChI=1S/C14H14N4OS/c1-10(11-8-16-17-9-11)18-14(19)12-4-2-3-5-13(12)20-7-6-15/h2-5,8-10H,7H2,1H3,(H,16,17)(H,18,19). The van der Waals surface area contributed by atoms with E-state index < -0.39 is 0 Å². The van der Waals surface area contributed by atoms with Gasteiger partial charge in [-0.05, 0) is 19.1 Å². The van der Waals surface area contributed by atoms with Crippen LogP contribution in [0.15, 0.2) is 41.6 Å². The minimum absolute atomic E-state index is 0.129. The van der Waals surface area contributed by atoms with Crippen LogP contribution in [0.5, 0.6) is 0 Å². The van der Waals surface area contributed by atoms with E-state index in [1.54, 1.807) is 18.5 Å². The van der Waals surface area contributed by atoms with Gasteiger partial charge in [-0.15, -0.1) is 11.8 Å². The lowest BCUT2D eigenvalue weighted by molar-refractivity contribution is 0.0937. The highest BCUT2D eigenvalue weighted by atomic mass is 32.2. The van der Waals surface area contributed by atoms with E-state index >= 15 is 0 Å². The van der Waals surface area contributed by atoms with Crippen LogP contribution in [0.3, 0.4) is 0 Å². The summed E-state index contributed by atoms with van der Waals surface area (Å²) in [6.45, 7) is 1.90. The van der Waals surface area contributed by atoms with Gasteiger partial charge >= 0.3 is 0 Å². The summed E-state index contributed by atoms with van der Waals surface area (Å²) in [7, 11) is 0. The Bertz CT molecular complexity index is 618. The zero-order chi connectivity index (χ0) is 14.4. The average Bonchev–Trinajstić information content (AvgIpc) is 2.99. The van der Waals surface area contributed by atoms with E-state index in [1.165, 1.54) is 11.8 Å². The molecule has 1 aromatic heterocycles. The van der Waals surface area contributed by atoms with Crippen LogP contribution in [0.25, 0.3) is 0 Å². The lowest BCUT2D eigenvalue weighted by Crippen LogP contribution is -2.26. The maximum Gasteiger partial charge on any atom is 0.252 e. The Labute approximate surface area is 121 Å². The van der Waals surface area contributed by atoms with Gasteiger partial charge in [0.2, 0.25) is 0 Å². The van der Waals surface area contributed by atoms with E-state index in [1.807, 2.05) is 25.1 Å². The van der Waals surface area contributed by atoms with E-state index in [4.69, 9.17) is 5.26 Å². The van der Waals surface area contributed by atoms with Gasteiger partial charge in [-0.2, -0.15) is 10.4 Å². The number of nitrogens with zero attached hydrogens (tertiary/aromatic N) is 2. The van der Waals surface area contributed by atoms with Gasteiger partial charge in [0.1, 0.15) is 0 Å². The molecule has 1 unspecified atom stereocenters. The number of nitriles is 1. The third-order valence-corrected chi connectivity index (χ3v) is 3.73. The Morgan fingerprint density at radius 2 is 2.35 bits per heavy atom. The SMILES string of the molecule is CC(NC(=O)c1ccccc1SCC#N)c1cn[nH]c1. The number of rotatable bonds is 5. The van der Waals surface area contributed by atoms with Crippen molar-refractivity contribution in [2.75, 3.05) is 5.75 Å². The molecule has 0 spiro atoms. The zero-order valence-electron chi connectivity index (χ0n) is 11.0. The number of aromatic nitrogens is 2. The minimum atomic E-state index is -0.153. The summed E-state index contributed by atoms with van der Waals surface area (Å²) in [4.78, 5) is 13.1. The summed E-state index contributed by atoms with van der Waals surface area (Å²) in [6, 6.07) is 9.21. The summed E-state index contributed by atoms with van der Waals surface area (Å²) in [5.74, 6) is 0.168. The first-order valence-corrected chi connectivity index (χ1v) is 7.09. The molecule has 1 amide bonds. The molecule has 0 fully saturated rings. The monoisotopic (exact) mass is 286 g/mol. The van der Waals surface area contributed by atoms with Gasteiger partial charge in [0.25, 0.3) is 5.91 Å². The quantitative estimate of drug-likeness (QED) is 0.827. The van der Waals surface area contributed by atoms with Crippen molar-refractivity contribution in [2.24, 2.45) is 0 Å². The zero-order valence-corrected chi connectivity index (χ0v) is 11.8. The minimum Gasteiger partial charge on any atom is -0.345 e. The van der Waals surface area contributed by atoms with Gasteiger partial charge < -0.3 is 5.32 Å². The number of carbonyl (C=O) groups excluding carboxylic acids is 1. The number of benzene rings is 1. The summed E-state index contributed by atoms with van der Waals surface area (Å²) in [5.41, 5.74) is 1.50. The molecule has 102 valence electrons. The van der Waals surface area contributed by atoms with E-state index in [-0.39, 0.29) is 11.9 Å². The fourth-order valence-corrected chi connectivity index (χ4v) is 2.46. The van der Waals surface area contributed by atoms with Crippen LogP contribution >= 0.6 is 11.8 Å². The molecule has 20 heavy (non-hydrogen) atoms. The number of amides is 1. The average molecular weight is 286 g/mol. The summed E-state index contributed by atoms with van der Waals surface area (Å²) in [6.07, 6.45) is 3.43. The Kier molecular flexibility index (Phi) is 4.80. The Morgan fingerprint density at radius 3 is 3.05 bits per heavy atom. The number of nitrogens with one attached hydrogen (secondary N) is 2. The first-order valence-electron chi connectivity index (χ1n) is 6.10. The molecule has 0 saturated carbocycles. The predicted molar refractivity (Wildman–Crippen MR) is 77.2 cm³/mol. The number of carbonyl (C=O) groups is 1. The molecule has 1 atom stereocenters. The van der Waals surface area contributed by atoms with Crippen LogP contribution in [-0.4, -0.2) is 21.9 Å². The lowest BCUT2D eigenvalue weighted by Gasteiger charge is -2.13. The highest BCUT2D eigenvalue weighted by Crippen LogP contribution is 2.23. The highest BCUT2D eigenvalue weighted by molar-refractivity contribution is 7.99. The Hall–Kier alpha value is -2.26. The number of hydrogen-bond acceptors (Lipinski definition) is 4. The summed E-state index contributed by atoms with van der Waals surface area (Å²) < 4.78 is 0. The number of H-pyrrole nitrogens is 1. The van der Waals surface area contributed by atoms with Gasteiger partial charge in [0.15, 0.2) is 0 Å². The molecule has 6 heteroatoms. The normalized spacial score (nSPS) is 11.6. The van der Waals surface area contributed by atoms with Crippen LogP contribution in [0.2, 0.25) is 0 Å². The van der Waals surface area contributed by atoms with Crippen LogP contribution < -0.4 is 5.32 Å². The molecule has 0 aliphatic rings. The van der Waals surface area contributed by atoms with E-state index in [0.29, 0.717) is 11.3 Å². The third kappa shape index (κ3) is 3.39. The molecular weight excluding hydrogens is 272 g/mol. The molecule has 5 nitrogen and oxygen atoms in total. The molecule has 1 heterocycles. The van der Waals surface area contributed by atoms with Gasteiger partial charge in [-0.3, -0.25) is 9.89 Å². The van der Waals surface area contributed by atoms with Gasteiger partial charge in [-0.1, -0.05) is 12.1 Å². The molecule has 0 aliphatic heterocycles. The van der Waals surface area contributed by atoms with Gasteiger partial charge in [0, 0.05) is 16.7 Å². The first-order chi connectivity index (χ1) is 9.72. The maximum absolute atomic E-state index is 12.3. The second-order valence-corrected chi connectivity index (χ2v) is 5.19. The number of hydrogen-bond donors (Lipinski definition) is 2. The van der Waals surface area contributed by atoms with Crippen molar-refractivity contribution in [3.63, 3.8) is 0 Å². The molecule has 0 radical (unpaired) electrons. The number of thioether (sulfide) groups is 1. The van der Waals surface area contributed by atoms with Crippen molar-refractivity contribution >= 4 is 17.7 Å². The smallest absolute Gasteiger partial charge is 0.252 e. The highest BCUT2D eigenvalue weighted by Gasteiger charge is 2.15. The summed E-state index contributed by atoms with van der Waals surface area (Å²) >= 11 is 1.36. The summed E-state index contributed by atoms with van der Waals surface area (Å²) in [5, 5.41) is 18.2. The molecular formula is C14H14N4OS. The fourth-order valence-electron chi connectivity index (χ4n) is 1.75. The van der Waals surface area contributed by atoms with Gasteiger partial charge in [0.05, 0.1) is 29.6 Å². The molecule has 0 saturated heterocycles. The first kappa shape index (κ1) is 14.2. The predicted octanol–water partition coefficient (Wildman–Crippen LogP) is 2.52. The van der Waals surface area contributed by atoms with Crippen LogP contribution in [0.4, 0.5) is 0 Å². The molecule has 2 N–H and O–H groups in total. The molecule has 2 rings (SSSR count). The van der Waals surface area contributed by atoms with Crippen molar-refractivity contribution in [3.05, 3.63) is 47.8 Å². The van der Waals surface area contributed by atoms with Crippen molar-refractivity contribution < 1.29 is 4.79 Å². The van der Waals surface area contributed by atoms with E-state index in [0.717, 1.165) is 10.5 Å². The second-order valence-electron chi connectivity index (χ2n) is 4.17. The molecule has 2 aromatic rings. The van der Waals surface area contributed by atoms with Crippen molar-refractivity contribution in [3.8, 4) is 6.07 Å². The number of aromatic amines is 1. The van der Waals surface area contributed by atoms with Crippen LogP contribution in [0, 0.1) is 11.3 Å². The lowest BCUT2D eigenvalue weighted by atomic mass is 10.1.